The van der Waals surface area contributed by atoms with Crippen molar-refractivity contribution in [1.29, 1.82) is 0 Å². The molecule has 2 nitrogen and oxygen atoms in total. The van der Waals surface area contributed by atoms with Gasteiger partial charge in [0.05, 0.1) is 10.5 Å². The summed E-state index contributed by atoms with van der Waals surface area (Å²) < 4.78 is 1.55. The van der Waals surface area contributed by atoms with E-state index >= 15 is 0 Å². The number of benzene rings is 1. The molecule has 0 aliphatic carbocycles. The standard InChI is InChI=1S/C10H8ClNO/c1-7(13)12-6-9(11)8-4-2-3-5-10(8)12/h2-6H,1H3. The van der Waals surface area contributed by atoms with Crippen molar-refractivity contribution in [3.8, 4) is 0 Å². The van der Waals surface area contributed by atoms with Crippen molar-refractivity contribution >= 4 is 28.4 Å². The topological polar surface area (TPSA) is 22.0 Å². The second-order valence-corrected chi connectivity index (χ2v) is 3.29. The second kappa shape index (κ2) is 2.89. The maximum absolute atomic E-state index is 11.2. The monoisotopic (exact) mass is 193 g/mol. The van der Waals surface area contributed by atoms with E-state index in [-0.39, 0.29) is 5.91 Å². The van der Waals surface area contributed by atoms with Crippen LogP contribution >= 0.6 is 11.6 Å². The van der Waals surface area contributed by atoms with E-state index < -0.39 is 0 Å². The van der Waals surface area contributed by atoms with Gasteiger partial charge >= 0.3 is 0 Å². The van der Waals surface area contributed by atoms with Crippen LogP contribution in [0.3, 0.4) is 0 Å². The highest BCUT2D eigenvalue weighted by Crippen LogP contribution is 2.24. The van der Waals surface area contributed by atoms with Crippen molar-refractivity contribution < 1.29 is 4.79 Å². The number of carbonyl (C=O) groups excluding carboxylic acids is 1. The smallest absolute Gasteiger partial charge is 0.227 e. The third-order valence-corrected chi connectivity index (χ3v) is 2.30. The summed E-state index contributed by atoms with van der Waals surface area (Å²) in [4.78, 5) is 11.2. The van der Waals surface area contributed by atoms with E-state index in [0.29, 0.717) is 5.02 Å². The fraction of sp³-hybridized carbons (Fsp3) is 0.100. The SMILES string of the molecule is CC(=O)n1cc(Cl)c2ccccc21. The Bertz CT molecular complexity index is 473. The number of fused-ring (bicyclic) bond motifs is 1. The van der Waals surface area contributed by atoms with E-state index in [9.17, 15) is 4.79 Å². The molecule has 0 amide bonds. The maximum Gasteiger partial charge on any atom is 0.227 e. The third kappa shape index (κ3) is 1.23. The maximum atomic E-state index is 11.2. The molecule has 66 valence electrons. The first-order valence-electron chi connectivity index (χ1n) is 3.96. The minimum atomic E-state index is -0.0249. The molecule has 0 aliphatic rings. The molecule has 3 heteroatoms. The molecule has 1 heterocycles. The van der Waals surface area contributed by atoms with Crippen LogP contribution < -0.4 is 0 Å². The van der Waals surface area contributed by atoms with Crippen LogP contribution in [-0.4, -0.2) is 10.5 Å². The van der Waals surface area contributed by atoms with Gasteiger partial charge in [-0.05, 0) is 6.07 Å². The number of para-hydroxylation sites is 1. The molecular weight excluding hydrogens is 186 g/mol. The lowest BCUT2D eigenvalue weighted by Gasteiger charge is -1.96. The van der Waals surface area contributed by atoms with Gasteiger partial charge in [-0.15, -0.1) is 0 Å². The van der Waals surface area contributed by atoms with Gasteiger partial charge in [0.2, 0.25) is 5.91 Å². The highest BCUT2D eigenvalue weighted by molar-refractivity contribution is 6.35. The fourth-order valence-electron chi connectivity index (χ4n) is 1.40. The average Bonchev–Trinajstić information content (AvgIpc) is 2.45. The van der Waals surface area contributed by atoms with Gasteiger partial charge in [0.15, 0.2) is 0 Å². The fourth-order valence-corrected chi connectivity index (χ4v) is 1.66. The van der Waals surface area contributed by atoms with Gasteiger partial charge in [-0.2, -0.15) is 0 Å². The van der Waals surface area contributed by atoms with Crippen LogP contribution in [0.2, 0.25) is 5.02 Å². The Balaban J connectivity index is 2.85. The minimum Gasteiger partial charge on any atom is -0.286 e. The van der Waals surface area contributed by atoms with Gasteiger partial charge in [-0.1, -0.05) is 29.8 Å². The largest absolute Gasteiger partial charge is 0.286 e. The Hall–Kier alpha value is -1.28. The quantitative estimate of drug-likeness (QED) is 0.631. The minimum absolute atomic E-state index is 0.0249. The molecule has 13 heavy (non-hydrogen) atoms. The van der Waals surface area contributed by atoms with E-state index in [1.807, 2.05) is 24.3 Å². The summed E-state index contributed by atoms with van der Waals surface area (Å²) in [5.41, 5.74) is 0.861. The molecule has 0 aliphatic heterocycles. The van der Waals surface area contributed by atoms with Gasteiger partial charge < -0.3 is 0 Å². The predicted octanol–water partition coefficient (Wildman–Crippen LogP) is 2.95. The zero-order chi connectivity index (χ0) is 9.42. The molecule has 0 bridgehead atoms. The van der Waals surface area contributed by atoms with Crippen LogP contribution in [0.5, 0.6) is 0 Å². The summed E-state index contributed by atoms with van der Waals surface area (Å²) in [7, 11) is 0. The molecule has 0 N–H and O–H groups in total. The molecule has 1 aromatic carbocycles. The van der Waals surface area contributed by atoms with E-state index in [4.69, 9.17) is 11.6 Å². The van der Waals surface area contributed by atoms with Crippen LogP contribution in [0.1, 0.15) is 11.7 Å². The molecule has 0 spiro atoms. The lowest BCUT2D eigenvalue weighted by atomic mass is 10.2. The van der Waals surface area contributed by atoms with Crippen molar-refractivity contribution in [3.05, 3.63) is 35.5 Å². The van der Waals surface area contributed by atoms with Crippen LogP contribution in [0, 0.1) is 0 Å². The van der Waals surface area contributed by atoms with Gasteiger partial charge in [0.25, 0.3) is 0 Å². The molecule has 0 saturated heterocycles. The van der Waals surface area contributed by atoms with Gasteiger partial charge in [0.1, 0.15) is 0 Å². The van der Waals surface area contributed by atoms with Crippen molar-refractivity contribution in [1.82, 2.24) is 4.57 Å². The summed E-state index contributed by atoms with van der Waals surface area (Å²) in [6.45, 7) is 1.52. The summed E-state index contributed by atoms with van der Waals surface area (Å²) >= 11 is 5.95. The van der Waals surface area contributed by atoms with E-state index in [1.54, 1.807) is 10.8 Å². The van der Waals surface area contributed by atoms with E-state index in [0.717, 1.165) is 10.9 Å². The van der Waals surface area contributed by atoms with Gasteiger partial charge in [-0.3, -0.25) is 9.36 Å². The highest BCUT2D eigenvalue weighted by atomic mass is 35.5. The van der Waals surface area contributed by atoms with E-state index in [1.165, 1.54) is 6.92 Å². The van der Waals surface area contributed by atoms with Crippen molar-refractivity contribution in [2.45, 2.75) is 6.92 Å². The molecule has 0 radical (unpaired) electrons. The summed E-state index contributed by atoms with van der Waals surface area (Å²) in [6.07, 6.45) is 1.65. The number of hydrogen-bond acceptors (Lipinski definition) is 1. The first kappa shape index (κ1) is 8.32. The van der Waals surface area contributed by atoms with Gasteiger partial charge in [0, 0.05) is 18.5 Å². The molecule has 0 fully saturated rings. The van der Waals surface area contributed by atoms with Crippen LogP contribution in [0.15, 0.2) is 30.5 Å². The Morgan fingerprint density at radius 1 is 1.38 bits per heavy atom. The molecule has 0 unspecified atom stereocenters. The summed E-state index contributed by atoms with van der Waals surface area (Å²) in [5.74, 6) is -0.0249. The first-order chi connectivity index (χ1) is 6.20. The van der Waals surface area contributed by atoms with Crippen molar-refractivity contribution in [2.24, 2.45) is 0 Å². The Morgan fingerprint density at radius 2 is 2.08 bits per heavy atom. The van der Waals surface area contributed by atoms with Crippen molar-refractivity contribution in [2.75, 3.05) is 0 Å². The molecule has 0 atom stereocenters. The molecule has 1 aromatic heterocycles. The van der Waals surface area contributed by atoms with Crippen molar-refractivity contribution in [3.63, 3.8) is 0 Å². The Labute approximate surface area is 80.7 Å². The Morgan fingerprint density at radius 3 is 2.77 bits per heavy atom. The van der Waals surface area contributed by atoms with Crippen LogP contribution in [-0.2, 0) is 0 Å². The molecule has 2 aromatic rings. The van der Waals surface area contributed by atoms with Crippen LogP contribution in [0.25, 0.3) is 10.9 Å². The second-order valence-electron chi connectivity index (χ2n) is 2.88. The zero-order valence-electron chi connectivity index (χ0n) is 7.12. The predicted molar refractivity (Wildman–Crippen MR) is 53.2 cm³/mol. The number of aromatic nitrogens is 1. The third-order valence-electron chi connectivity index (χ3n) is 2.00. The van der Waals surface area contributed by atoms with E-state index in [2.05, 4.69) is 0 Å². The summed E-state index contributed by atoms with van der Waals surface area (Å²) in [6, 6.07) is 7.57. The number of carbonyl (C=O) groups is 1. The zero-order valence-corrected chi connectivity index (χ0v) is 7.88. The Kier molecular flexibility index (Phi) is 1.85. The molecule has 0 saturated carbocycles. The number of rotatable bonds is 0. The number of nitrogens with zero attached hydrogens (tertiary/aromatic N) is 1. The van der Waals surface area contributed by atoms with Crippen LogP contribution in [0.4, 0.5) is 0 Å². The molecule has 2 rings (SSSR count). The number of hydrogen-bond donors (Lipinski definition) is 0. The lowest BCUT2D eigenvalue weighted by Crippen LogP contribution is -2.02. The number of halogens is 1. The normalized spacial score (nSPS) is 10.6. The summed E-state index contributed by atoms with van der Waals surface area (Å²) in [5, 5.41) is 1.53. The highest BCUT2D eigenvalue weighted by Gasteiger charge is 2.07. The average molecular weight is 194 g/mol. The first-order valence-corrected chi connectivity index (χ1v) is 4.34. The molecular formula is C10H8ClNO. The van der Waals surface area contributed by atoms with Gasteiger partial charge in [-0.25, -0.2) is 0 Å². The lowest BCUT2D eigenvalue weighted by molar-refractivity contribution is 0.0941.